The molecule has 0 radical (unpaired) electrons. The summed E-state index contributed by atoms with van der Waals surface area (Å²) in [5.74, 6) is 0.747. The number of ether oxygens (including phenoxy) is 1. The predicted octanol–water partition coefficient (Wildman–Crippen LogP) is 4.32. The van der Waals surface area contributed by atoms with Gasteiger partial charge in [0.25, 0.3) is 5.91 Å². The highest BCUT2D eigenvalue weighted by Gasteiger charge is 2.26. The minimum atomic E-state index is -0.120. The lowest BCUT2D eigenvalue weighted by molar-refractivity contribution is -0.113. The molecule has 1 aromatic carbocycles. The number of likely N-dealkylation sites (tertiary alicyclic amines) is 1. The number of amides is 1. The van der Waals surface area contributed by atoms with Crippen molar-refractivity contribution in [1.29, 1.82) is 0 Å². The van der Waals surface area contributed by atoms with Crippen molar-refractivity contribution in [1.82, 2.24) is 4.90 Å². The Kier molecular flexibility index (Phi) is 5.96. The van der Waals surface area contributed by atoms with Crippen molar-refractivity contribution in [2.45, 2.75) is 39.0 Å². The molecule has 1 saturated heterocycles. The van der Waals surface area contributed by atoms with Crippen molar-refractivity contribution in [3.05, 3.63) is 34.7 Å². The first-order chi connectivity index (χ1) is 11.8. The van der Waals surface area contributed by atoms with Gasteiger partial charge in [-0.25, -0.2) is 0 Å². The van der Waals surface area contributed by atoms with Crippen molar-refractivity contribution in [3.8, 4) is 5.75 Å². The van der Waals surface area contributed by atoms with Crippen LogP contribution in [0.25, 0.3) is 6.08 Å². The normalized spacial score (nSPS) is 20.2. The molecule has 1 aromatic rings. The maximum atomic E-state index is 12.2. The molecule has 0 unspecified atom stereocenters. The third kappa shape index (κ3) is 4.41. The second-order valence-electron chi connectivity index (χ2n) is 6.13. The van der Waals surface area contributed by atoms with Crippen LogP contribution in [-0.4, -0.2) is 35.7 Å². The van der Waals surface area contributed by atoms with Gasteiger partial charge in [-0.2, -0.15) is 4.99 Å². The Morgan fingerprint density at radius 2 is 1.88 bits per heavy atom. The van der Waals surface area contributed by atoms with E-state index in [1.54, 1.807) is 0 Å². The maximum absolute atomic E-state index is 12.2. The highest BCUT2D eigenvalue weighted by atomic mass is 32.2. The second-order valence-corrected chi connectivity index (χ2v) is 7.14. The summed E-state index contributed by atoms with van der Waals surface area (Å²) in [7, 11) is 0. The summed E-state index contributed by atoms with van der Waals surface area (Å²) in [6, 6.07) is 7.86. The molecule has 2 aliphatic heterocycles. The smallest absolute Gasteiger partial charge is 0.286 e. The maximum Gasteiger partial charge on any atom is 0.286 e. The number of benzene rings is 1. The summed E-state index contributed by atoms with van der Waals surface area (Å²) in [5, 5.41) is 0.871. The quantitative estimate of drug-likeness (QED) is 0.763. The Labute approximate surface area is 148 Å². The van der Waals surface area contributed by atoms with Crippen LogP contribution in [-0.2, 0) is 4.79 Å². The lowest BCUT2D eigenvalue weighted by Crippen LogP contribution is -2.28. The summed E-state index contributed by atoms with van der Waals surface area (Å²) in [6.45, 7) is 4.83. The third-order valence-corrected chi connectivity index (χ3v) is 5.18. The van der Waals surface area contributed by atoms with Gasteiger partial charge in [0.1, 0.15) is 5.75 Å². The highest BCUT2D eigenvalue weighted by Crippen LogP contribution is 2.31. The highest BCUT2D eigenvalue weighted by molar-refractivity contribution is 8.18. The Morgan fingerprint density at radius 3 is 2.54 bits per heavy atom. The Hall–Kier alpha value is -1.75. The summed E-state index contributed by atoms with van der Waals surface area (Å²) in [4.78, 5) is 19.4. The van der Waals surface area contributed by atoms with Gasteiger partial charge >= 0.3 is 0 Å². The molecule has 24 heavy (non-hydrogen) atoms. The number of amidine groups is 1. The molecular formula is C19H24N2O2S. The van der Waals surface area contributed by atoms with Crippen molar-refractivity contribution >= 4 is 28.9 Å². The van der Waals surface area contributed by atoms with Crippen LogP contribution in [0.1, 0.15) is 44.6 Å². The van der Waals surface area contributed by atoms with Crippen molar-refractivity contribution in [2.24, 2.45) is 4.99 Å². The van der Waals surface area contributed by atoms with Crippen molar-refractivity contribution in [2.75, 3.05) is 19.7 Å². The van der Waals surface area contributed by atoms with Gasteiger partial charge in [0.05, 0.1) is 11.5 Å². The molecule has 128 valence electrons. The summed E-state index contributed by atoms with van der Waals surface area (Å²) < 4.78 is 5.59. The molecule has 0 N–H and O–H groups in total. The van der Waals surface area contributed by atoms with E-state index in [9.17, 15) is 4.79 Å². The molecule has 5 heteroatoms. The number of carbonyl (C=O) groups is 1. The molecule has 0 aliphatic carbocycles. The van der Waals surface area contributed by atoms with E-state index in [2.05, 4.69) is 16.8 Å². The fourth-order valence-electron chi connectivity index (χ4n) is 2.83. The van der Waals surface area contributed by atoms with E-state index in [1.165, 1.54) is 37.4 Å². The van der Waals surface area contributed by atoms with Gasteiger partial charge in [0.15, 0.2) is 5.17 Å². The van der Waals surface area contributed by atoms with E-state index in [1.807, 2.05) is 30.3 Å². The topological polar surface area (TPSA) is 41.9 Å². The fraction of sp³-hybridized carbons (Fsp3) is 0.474. The predicted molar refractivity (Wildman–Crippen MR) is 100 cm³/mol. The zero-order chi connectivity index (χ0) is 16.8. The van der Waals surface area contributed by atoms with Crippen LogP contribution in [0.3, 0.4) is 0 Å². The number of thioether (sulfide) groups is 1. The molecule has 0 bridgehead atoms. The van der Waals surface area contributed by atoms with Crippen LogP contribution >= 0.6 is 11.8 Å². The number of hydrogen-bond acceptors (Lipinski definition) is 4. The molecule has 2 aliphatic rings. The molecule has 0 aromatic heterocycles. The van der Waals surface area contributed by atoms with Crippen molar-refractivity contribution in [3.63, 3.8) is 0 Å². The summed E-state index contributed by atoms with van der Waals surface area (Å²) in [5.41, 5.74) is 1.00. The SMILES string of the molecule is CCCOc1ccc(C=C2SC(N3CCCCCC3)=NC2=O)cc1. The number of aliphatic imine (C=N–C) groups is 1. The van der Waals surface area contributed by atoms with Crippen molar-refractivity contribution < 1.29 is 9.53 Å². The third-order valence-electron chi connectivity index (χ3n) is 4.14. The van der Waals surface area contributed by atoms with Gasteiger partial charge in [-0.3, -0.25) is 4.79 Å². The van der Waals surface area contributed by atoms with E-state index in [0.717, 1.165) is 42.6 Å². The number of hydrogen-bond donors (Lipinski definition) is 0. The molecule has 4 nitrogen and oxygen atoms in total. The van der Waals surface area contributed by atoms with Crippen LogP contribution in [0.5, 0.6) is 5.75 Å². The standard InChI is InChI=1S/C19H24N2O2S/c1-2-13-23-16-9-7-15(8-10-16)14-17-18(22)20-19(24-17)21-11-5-3-4-6-12-21/h7-10,14H,2-6,11-13H2,1H3. The molecule has 3 rings (SSSR count). The minimum Gasteiger partial charge on any atom is -0.494 e. The number of rotatable bonds is 4. The summed E-state index contributed by atoms with van der Waals surface area (Å²) >= 11 is 1.50. The van der Waals surface area contributed by atoms with Gasteiger partial charge in [-0.05, 0) is 54.8 Å². The van der Waals surface area contributed by atoms with E-state index in [0.29, 0.717) is 4.91 Å². The van der Waals surface area contributed by atoms with E-state index >= 15 is 0 Å². The van der Waals surface area contributed by atoms with Crippen LogP contribution in [0, 0.1) is 0 Å². The zero-order valence-electron chi connectivity index (χ0n) is 14.2. The van der Waals surface area contributed by atoms with Gasteiger partial charge < -0.3 is 9.64 Å². The van der Waals surface area contributed by atoms with E-state index < -0.39 is 0 Å². The lowest BCUT2D eigenvalue weighted by Gasteiger charge is -2.20. The van der Waals surface area contributed by atoms with Crippen LogP contribution in [0.15, 0.2) is 34.2 Å². The number of carbonyl (C=O) groups excluding carboxylic acids is 1. The first-order valence-electron chi connectivity index (χ1n) is 8.76. The van der Waals surface area contributed by atoms with Gasteiger partial charge in [0, 0.05) is 13.1 Å². The fourth-order valence-corrected chi connectivity index (χ4v) is 3.79. The Bertz CT molecular complexity index is 629. The van der Waals surface area contributed by atoms with E-state index in [4.69, 9.17) is 4.74 Å². The second kappa shape index (κ2) is 8.38. The van der Waals surface area contributed by atoms with Crippen LogP contribution in [0.2, 0.25) is 0 Å². The minimum absolute atomic E-state index is 0.120. The average Bonchev–Trinajstić information content (AvgIpc) is 2.80. The van der Waals surface area contributed by atoms with Crippen LogP contribution in [0.4, 0.5) is 0 Å². The molecular weight excluding hydrogens is 320 g/mol. The zero-order valence-corrected chi connectivity index (χ0v) is 15.0. The largest absolute Gasteiger partial charge is 0.494 e. The molecule has 0 atom stereocenters. The monoisotopic (exact) mass is 344 g/mol. The molecule has 2 heterocycles. The molecule has 0 saturated carbocycles. The molecule has 1 amide bonds. The molecule has 0 spiro atoms. The first kappa shape index (κ1) is 17.1. The Morgan fingerprint density at radius 1 is 1.17 bits per heavy atom. The summed E-state index contributed by atoms with van der Waals surface area (Å²) in [6.07, 6.45) is 7.84. The van der Waals surface area contributed by atoms with E-state index in [-0.39, 0.29) is 5.91 Å². The Balaban J connectivity index is 1.65. The van der Waals surface area contributed by atoms with Gasteiger partial charge in [-0.15, -0.1) is 0 Å². The average molecular weight is 344 g/mol. The van der Waals surface area contributed by atoms with Crippen LogP contribution < -0.4 is 4.74 Å². The van der Waals surface area contributed by atoms with Gasteiger partial charge in [-0.1, -0.05) is 31.9 Å². The first-order valence-corrected chi connectivity index (χ1v) is 9.58. The number of nitrogens with zero attached hydrogens (tertiary/aromatic N) is 2. The molecule has 1 fully saturated rings. The van der Waals surface area contributed by atoms with Gasteiger partial charge in [0.2, 0.25) is 0 Å². The lowest BCUT2D eigenvalue weighted by atomic mass is 10.2.